The molecule has 2 unspecified atom stereocenters. The predicted molar refractivity (Wildman–Crippen MR) is 169 cm³/mol. The van der Waals surface area contributed by atoms with E-state index >= 15 is 0 Å². The third-order valence-electron chi connectivity index (χ3n) is 11.8. The molecule has 0 bridgehead atoms. The smallest absolute Gasteiger partial charge is 0.228 e. The van der Waals surface area contributed by atoms with Crippen LogP contribution in [0.4, 0.5) is 0 Å². The Morgan fingerprint density at radius 1 is 0.521 bits per heavy atom. The van der Waals surface area contributed by atoms with Crippen molar-refractivity contribution in [3.8, 4) is 0 Å². The Bertz CT molecular complexity index is 2270. The zero-order chi connectivity index (χ0) is 33.0. The Morgan fingerprint density at radius 2 is 0.938 bits per heavy atom. The van der Waals surface area contributed by atoms with Gasteiger partial charge in [0.05, 0.1) is 12.5 Å². The van der Waals surface area contributed by atoms with Gasteiger partial charge in [0.1, 0.15) is 0 Å². The molecule has 2 atom stereocenters. The van der Waals surface area contributed by atoms with E-state index in [9.17, 15) is 28.8 Å². The normalized spacial score (nSPS) is 24.6. The van der Waals surface area contributed by atoms with Crippen molar-refractivity contribution in [2.24, 2.45) is 0 Å². The van der Waals surface area contributed by atoms with Gasteiger partial charge in [0.2, 0.25) is 11.6 Å². The Balaban J connectivity index is 1.08. The maximum atomic E-state index is 14.1. The molecule has 6 aliphatic rings. The molecule has 0 N–H and O–H groups in total. The van der Waals surface area contributed by atoms with Gasteiger partial charge in [0.15, 0.2) is 34.7 Å². The van der Waals surface area contributed by atoms with Crippen LogP contribution in [-0.4, -0.2) is 34.7 Å². The number of hydrogen-bond donors (Lipinski definition) is 0. The summed E-state index contributed by atoms with van der Waals surface area (Å²) in [6, 6.07) is 6.20. The molecular formula is C40H26O8. The number of rotatable bonds is 1. The number of carbonyl (C=O) groups excluding carboxylic acids is 6. The van der Waals surface area contributed by atoms with Gasteiger partial charge in [-0.15, -0.1) is 0 Å². The minimum Gasteiger partial charge on any atom is -0.460 e. The molecule has 0 saturated carbocycles. The molecule has 8 nitrogen and oxygen atoms in total. The van der Waals surface area contributed by atoms with Gasteiger partial charge in [0.25, 0.3) is 0 Å². The fourth-order valence-corrected chi connectivity index (χ4v) is 9.51. The maximum Gasteiger partial charge on any atom is 0.228 e. The van der Waals surface area contributed by atoms with E-state index in [0.29, 0.717) is 22.3 Å². The van der Waals surface area contributed by atoms with E-state index in [0.717, 1.165) is 72.9 Å². The summed E-state index contributed by atoms with van der Waals surface area (Å²) in [7, 11) is 0. The minimum absolute atomic E-state index is 0.00169. The third-order valence-corrected chi connectivity index (χ3v) is 11.8. The first kappa shape index (κ1) is 27.6. The summed E-state index contributed by atoms with van der Waals surface area (Å²) in [6.45, 7) is 4.08. The van der Waals surface area contributed by atoms with Crippen molar-refractivity contribution in [1.29, 1.82) is 0 Å². The summed E-state index contributed by atoms with van der Waals surface area (Å²) >= 11 is 0. The van der Waals surface area contributed by atoms with Crippen LogP contribution in [0.2, 0.25) is 0 Å². The summed E-state index contributed by atoms with van der Waals surface area (Å²) in [4.78, 5) is 83.1. The first-order valence-electron chi connectivity index (χ1n) is 16.3. The number of furan rings is 2. The van der Waals surface area contributed by atoms with Crippen LogP contribution in [-0.2, 0) is 23.7 Å². The number of allylic oxidation sites excluding steroid dienone is 4. The van der Waals surface area contributed by atoms with Crippen LogP contribution in [0.15, 0.2) is 68.9 Å². The first-order chi connectivity index (χ1) is 23.0. The lowest BCUT2D eigenvalue weighted by atomic mass is 9.62. The molecule has 2 heterocycles. The van der Waals surface area contributed by atoms with Crippen molar-refractivity contribution >= 4 is 34.7 Å². The molecule has 48 heavy (non-hydrogen) atoms. The van der Waals surface area contributed by atoms with E-state index in [1.807, 2.05) is 13.8 Å². The Kier molecular flexibility index (Phi) is 5.00. The molecule has 2 aromatic heterocycles. The molecule has 0 saturated heterocycles. The highest BCUT2D eigenvalue weighted by atomic mass is 16.3. The molecule has 0 radical (unpaired) electrons. The molecule has 4 aromatic rings. The number of carbonyl (C=O) groups is 6. The predicted octanol–water partition coefficient (Wildman–Crippen LogP) is 6.56. The monoisotopic (exact) mass is 634 g/mol. The van der Waals surface area contributed by atoms with Gasteiger partial charge < -0.3 is 8.83 Å². The second-order valence-corrected chi connectivity index (χ2v) is 14.3. The number of benzene rings is 2. The van der Waals surface area contributed by atoms with Crippen LogP contribution in [0.1, 0.15) is 147 Å². The van der Waals surface area contributed by atoms with Crippen LogP contribution in [0.25, 0.3) is 0 Å². The lowest BCUT2D eigenvalue weighted by molar-refractivity contribution is 0.0959. The Morgan fingerprint density at radius 3 is 1.35 bits per heavy atom. The SMILES string of the molecule is CC12CCCc3coc(c31)C(=O)c1cc3c(cc12)C(=O)C=C(C1=CC(=O)c2cc4c(cc2C1=O)C(=O)c1occ2c1C4(C)CCC2)C3=O. The minimum atomic E-state index is -0.632. The van der Waals surface area contributed by atoms with Gasteiger partial charge in [-0.3, -0.25) is 28.8 Å². The van der Waals surface area contributed by atoms with Crippen LogP contribution >= 0.6 is 0 Å². The highest BCUT2D eigenvalue weighted by Gasteiger charge is 2.49. The van der Waals surface area contributed by atoms with E-state index in [1.165, 1.54) is 12.1 Å². The zero-order valence-electron chi connectivity index (χ0n) is 26.1. The Labute approximate surface area is 273 Å². The van der Waals surface area contributed by atoms with Gasteiger partial charge in [-0.1, -0.05) is 13.8 Å². The summed E-state index contributed by atoms with van der Waals surface area (Å²) in [6.07, 6.45) is 10.4. The van der Waals surface area contributed by atoms with E-state index in [4.69, 9.17) is 8.83 Å². The lowest BCUT2D eigenvalue weighted by Gasteiger charge is -2.39. The summed E-state index contributed by atoms with van der Waals surface area (Å²) in [5.74, 6) is -2.44. The second-order valence-electron chi connectivity index (χ2n) is 14.3. The molecule has 0 aliphatic heterocycles. The van der Waals surface area contributed by atoms with Gasteiger partial charge in [0, 0.05) is 66.5 Å². The molecule has 0 fully saturated rings. The molecule has 10 rings (SSSR count). The molecule has 6 aliphatic carbocycles. The lowest BCUT2D eigenvalue weighted by Crippen LogP contribution is -2.37. The maximum absolute atomic E-state index is 14.1. The van der Waals surface area contributed by atoms with Crippen molar-refractivity contribution in [2.45, 2.75) is 63.2 Å². The average Bonchev–Trinajstić information content (AvgIpc) is 3.73. The fourth-order valence-electron chi connectivity index (χ4n) is 9.51. The number of hydrogen-bond acceptors (Lipinski definition) is 8. The van der Waals surface area contributed by atoms with Crippen LogP contribution < -0.4 is 0 Å². The van der Waals surface area contributed by atoms with E-state index < -0.39 is 34.0 Å². The van der Waals surface area contributed by atoms with Gasteiger partial charge in [-0.25, -0.2) is 0 Å². The molecular weight excluding hydrogens is 608 g/mol. The number of aryl methyl sites for hydroxylation is 2. The standard InChI is InChI=1S/C40H26O8/c1-39-7-3-5-17-15-47-37(31(17)39)35(45)25-9-21-19(11-27(25)39)29(41)13-23(33(21)43)24-14-30(42)20-12-28-26(10-22(20)34(24)44)36(46)38-32-18(16-48-38)6-4-8-40(28,32)2/h9-16H,3-8H2,1-2H3. The Hall–Kier alpha value is -5.50. The van der Waals surface area contributed by atoms with Crippen molar-refractivity contribution in [3.63, 3.8) is 0 Å². The topological polar surface area (TPSA) is 129 Å². The van der Waals surface area contributed by atoms with Gasteiger partial charge in [-0.2, -0.15) is 0 Å². The van der Waals surface area contributed by atoms with E-state index in [-0.39, 0.29) is 56.5 Å². The van der Waals surface area contributed by atoms with Crippen LogP contribution in [0.3, 0.4) is 0 Å². The second kappa shape index (κ2) is 8.69. The molecule has 0 amide bonds. The molecule has 0 spiro atoms. The van der Waals surface area contributed by atoms with Crippen LogP contribution in [0, 0.1) is 0 Å². The quantitative estimate of drug-likeness (QED) is 0.230. The fraction of sp³-hybridized carbons (Fsp3) is 0.250. The molecule has 2 aromatic carbocycles. The number of fused-ring (bicyclic) bond motifs is 6. The van der Waals surface area contributed by atoms with Crippen molar-refractivity contribution in [1.82, 2.24) is 0 Å². The molecule has 234 valence electrons. The van der Waals surface area contributed by atoms with Gasteiger partial charge in [-0.05, 0) is 97.2 Å². The third kappa shape index (κ3) is 3.11. The first-order valence-corrected chi connectivity index (χ1v) is 16.3. The average molecular weight is 635 g/mol. The largest absolute Gasteiger partial charge is 0.460 e. The highest BCUT2D eigenvalue weighted by molar-refractivity contribution is 6.35. The number of ketones is 6. The summed E-state index contributed by atoms with van der Waals surface area (Å²) in [5.41, 5.74) is 4.40. The molecule has 8 heteroatoms. The summed E-state index contributed by atoms with van der Waals surface area (Å²) < 4.78 is 11.5. The highest BCUT2D eigenvalue weighted by Crippen LogP contribution is 2.52. The number of Topliss-reactive ketones (excluding diaryl/α,β-unsaturated/α-hetero) is 2. The van der Waals surface area contributed by atoms with E-state index in [1.54, 1.807) is 24.7 Å². The summed E-state index contributed by atoms with van der Waals surface area (Å²) in [5, 5.41) is 0. The van der Waals surface area contributed by atoms with Crippen molar-refractivity contribution < 1.29 is 37.6 Å². The van der Waals surface area contributed by atoms with Crippen molar-refractivity contribution in [3.05, 3.63) is 138 Å². The van der Waals surface area contributed by atoms with Gasteiger partial charge >= 0.3 is 0 Å². The zero-order valence-corrected chi connectivity index (χ0v) is 26.1. The van der Waals surface area contributed by atoms with Crippen LogP contribution in [0.5, 0.6) is 0 Å². The van der Waals surface area contributed by atoms with Crippen molar-refractivity contribution in [2.75, 3.05) is 0 Å². The van der Waals surface area contributed by atoms with E-state index in [2.05, 4.69) is 0 Å².